The van der Waals surface area contributed by atoms with E-state index in [1.54, 1.807) is 13.0 Å². The lowest BCUT2D eigenvalue weighted by Gasteiger charge is -2.17. The summed E-state index contributed by atoms with van der Waals surface area (Å²) in [7, 11) is 4.02. The molecule has 0 aromatic rings. The van der Waals surface area contributed by atoms with Crippen molar-refractivity contribution in [2.75, 3.05) is 27.2 Å². The van der Waals surface area contributed by atoms with Gasteiger partial charge >= 0.3 is 5.97 Å². The van der Waals surface area contributed by atoms with Crippen molar-refractivity contribution >= 4 is 5.97 Å². The Morgan fingerprint density at radius 3 is 2.57 bits per heavy atom. The molecule has 1 unspecified atom stereocenters. The Morgan fingerprint density at radius 1 is 1.57 bits per heavy atom. The van der Waals surface area contributed by atoms with E-state index in [1.807, 2.05) is 14.1 Å². The molecule has 0 aliphatic heterocycles. The summed E-state index contributed by atoms with van der Waals surface area (Å²) in [5, 5.41) is 11.8. The molecule has 1 atom stereocenters. The van der Waals surface area contributed by atoms with Crippen molar-refractivity contribution in [2.45, 2.75) is 19.9 Å². The fourth-order valence-electron chi connectivity index (χ4n) is 1.11. The van der Waals surface area contributed by atoms with E-state index in [0.29, 0.717) is 18.2 Å². The van der Waals surface area contributed by atoms with Crippen LogP contribution in [0.4, 0.5) is 0 Å². The maximum atomic E-state index is 10.4. The number of hydrogen-bond donors (Lipinski definition) is 2. The van der Waals surface area contributed by atoms with Crippen LogP contribution < -0.4 is 5.32 Å². The Bertz CT molecular complexity index is 212. The molecule has 0 spiro atoms. The zero-order chi connectivity index (χ0) is 11.1. The minimum atomic E-state index is -0.855. The van der Waals surface area contributed by atoms with E-state index >= 15 is 0 Å². The molecule has 0 aromatic carbocycles. The number of rotatable bonds is 6. The third kappa shape index (κ3) is 6.62. The van der Waals surface area contributed by atoms with Crippen molar-refractivity contribution in [2.24, 2.45) is 0 Å². The van der Waals surface area contributed by atoms with Crippen molar-refractivity contribution in [1.82, 2.24) is 10.2 Å². The fourth-order valence-corrected chi connectivity index (χ4v) is 1.11. The molecule has 82 valence electrons. The van der Waals surface area contributed by atoms with Gasteiger partial charge in [0.25, 0.3) is 0 Å². The van der Waals surface area contributed by atoms with Gasteiger partial charge in [-0.05, 0) is 27.9 Å². The number of nitrogens with one attached hydrogen (secondary N) is 1. The Labute approximate surface area is 85.6 Å². The van der Waals surface area contributed by atoms with Crippen LogP contribution in [-0.2, 0) is 4.79 Å². The minimum absolute atomic E-state index is 0.364. The molecule has 14 heavy (non-hydrogen) atoms. The van der Waals surface area contributed by atoms with Crippen LogP contribution in [0.3, 0.4) is 0 Å². The van der Waals surface area contributed by atoms with Gasteiger partial charge in [0, 0.05) is 24.7 Å². The molecule has 4 heteroatoms. The standard InChI is InChI=1S/C10H20N2O2/c1-8(10(13)14)5-6-11-9(2)7-12(3)4/h5,9,11H,6-7H2,1-4H3,(H,13,14)/b8-5-. The second-order valence-electron chi connectivity index (χ2n) is 3.76. The topological polar surface area (TPSA) is 52.6 Å². The summed E-state index contributed by atoms with van der Waals surface area (Å²) >= 11 is 0. The van der Waals surface area contributed by atoms with Crippen LogP contribution >= 0.6 is 0 Å². The Balaban J connectivity index is 3.73. The predicted molar refractivity (Wildman–Crippen MR) is 57.4 cm³/mol. The van der Waals surface area contributed by atoms with Crippen LogP contribution in [0.1, 0.15) is 13.8 Å². The lowest BCUT2D eigenvalue weighted by atomic mass is 10.2. The number of carboxylic acids is 1. The number of carboxylic acid groups (broad SMARTS) is 1. The van der Waals surface area contributed by atoms with Gasteiger partial charge in [0.05, 0.1) is 0 Å². The van der Waals surface area contributed by atoms with Gasteiger partial charge in [-0.25, -0.2) is 4.79 Å². The minimum Gasteiger partial charge on any atom is -0.478 e. The third-order valence-electron chi connectivity index (χ3n) is 1.85. The van der Waals surface area contributed by atoms with Gasteiger partial charge in [-0.3, -0.25) is 0 Å². The van der Waals surface area contributed by atoms with Gasteiger partial charge in [-0.15, -0.1) is 0 Å². The van der Waals surface area contributed by atoms with Gasteiger partial charge in [0.2, 0.25) is 0 Å². The van der Waals surface area contributed by atoms with E-state index < -0.39 is 5.97 Å². The quantitative estimate of drug-likeness (QED) is 0.615. The van der Waals surface area contributed by atoms with E-state index in [4.69, 9.17) is 5.11 Å². The molecule has 0 fully saturated rings. The zero-order valence-electron chi connectivity index (χ0n) is 9.37. The highest BCUT2D eigenvalue weighted by Gasteiger charge is 2.02. The predicted octanol–water partition coefficient (Wildman–Crippen LogP) is 0.557. The average Bonchev–Trinajstić information content (AvgIpc) is 2.02. The van der Waals surface area contributed by atoms with Crippen LogP contribution in [-0.4, -0.2) is 49.2 Å². The van der Waals surface area contributed by atoms with Crippen molar-refractivity contribution < 1.29 is 9.90 Å². The highest BCUT2D eigenvalue weighted by Crippen LogP contribution is 1.91. The summed E-state index contributed by atoms with van der Waals surface area (Å²) in [6, 6.07) is 0.364. The lowest BCUT2D eigenvalue weighted by molar-refractivity contribution is -0.132. The molecule has 0 aliphatic carbocycles. The Hall–Kier alpha value is -0.870. The molecule has 0 aromatic heterocycles. The zero-order valence-corrected chi connectivity index (χ0v) is 9.37. The molecular formula is C10H20N2O2. The van der Waals surface area contributed by atoms with Gasteiger partial charge in [0.15, 0.2) is 0 Å². The number of nitrogens with zero attached hydrogens (tertiary/aromatic N) is 1. The van der Waals surface area contributed by atoms with Gasteiger partial charge < -0.3 is 15.3 Å². The first kappa shape index (κ1) is 13.1. The summed E-state index contributed by atoms with van der Waals surface area (Å²) in [4.78, 5) is 12.5. The van der Waals surface area contributed by atoms with Crippen molar-refractivity contribution in [3.05, 3.63) is 11.6 Å². The molecule has 0 radical (unpaired) electrons. The second-order valence-corrected chi connectivity index (χ2v) is 3.76. The molecule has 0 heterocycles. The van der Waals surface area contributed by atoms with E-state index in [2.05, 4.69) is 17.1 Å². The summed E-state index contributed by atoms with van der Waals surface area (Å²) in [6.45, 7) is 5.22. The SMILES string of the molecule is C/C(=C/CNC(C)CN(C)C)C(=O)O. The van der Waals surface area contributed by atoms with Crippen LogP contribution in [0.2, 0.25) is 0 Å². The van der Waals surface area contributed by atoms with E-state index in [1.165, 1.54) is 0 Å². The van der Waals surface area contributed by atoms with Crippen molar-refractivity contribution in [3.8, 4) is 0 Å². The number of carbonyl (C=O) groups is 1. The maximum Gasteiger partial charge on any atom is 0.330 e. The van der Waals surface area contributed by atoms with Gasteiger partial charge in [0.1, 0.15) is 0 Å². The first-order valence-electron chi connectivity index (χ1n) is 4.71. The first-order chi connectivity index (χ1) is 6.43. The maximum absolute atomic E-state index is 10.4. The Kier molecular flexibility index (Phi) is 6.16. The van der Waals surface area contributed by atoms with Crippen molar-refractivity contribution in [1.29, 1.82) is 0 Å². The highest BCUT2D eigenvalue weighted by molar-refractivity contribution is 5.85. The normalized spacial score (nSPS) is 14.5. The molecular weight excluding hydrogens is 180 g/mol. The molecule has 0 saturated carbocycles. The molecule has 2 N–H and O–H groups in total. The molecule has 0 bridgehead atoms. The number of hydrogen-bond acceptors (Lipinski definition) is 3. The van der Waals surface area contributed by atoms with Crippen molar-refractivity contribution in [3.63, 3.8) is 0 Å². The number of likely N-dealkylation sites (N-methyl/N-ethyl adjacent to an activating group) is 1. The highest BCUT2D eigenvalue weighted by atomic mass is 16.4. The summed E-state index contributed by atoms with van der Waals surface area (Å²) in [5.41, 5.74) is 0.384. The summed E-state index contributed by atoms with van der Waals surface area (Å²) in [5.74, 6) is -0.855. The third-order valence-corrected chi connectivity index (χ3v) is 1.85. The monoisotopic (exact) mass is 200 g/mol. The largest absolute Gasteiger partial charge is 0.478 e. The molecule has 0 amide bonds. The second kappa shape index (κ2) is 6.56. The Morgan fingerprint density at radius 2 is 2.14 bits per heavy atom. The molecule has 0 rings (SSSR count). The average molecular weight is 200 g/mol. The van der Waals surface area contributed by atoms with E-state index in [9.17, 15) is 4.79 Å². The first-order valence-corrected chi connectivity index (χ1v) is 4.71. The molecule has 0 aliphatic rings. The van der Waals surface area contributed by atoms with Crippen LogP contribution in [0, 0.1) is 0 Å². The summed E-state index contributed by atoms with van der Waals surface area (Å²) in [6.07, 6.45) is 1.69. The summed E-state index contributed by atoms with van der Waals surface area (Å²) < 4.78 is 0. The van der Waals surface area contributed by atoms with E-state index in [-0.39, 0.29) is 0 Å². The van der Waals surface area contributed by atoms with Crippen LogP contribution in [0.5, 0.6) is 0 Å². The van der Waals surface area contributed by atoms with Gasteiger partial charge in [-0.2, -0.15) is 0 Å². The molecule has 0 saturated heterocycles. The number of aliphatic carboxylic acids is 1. The lowest BCUT2D eigenvalue weighted by Crippen LogP contribution is -2.35. The van der Waals surface area contributed by atoms with E-state index in [0.717, 1.165) is 6.54 Å². The van der Waals surface area contributed by atoms with Crippen LogP contribution in [0.25, 0.3) is 0 Å². The molecule has 4 nitrogen and oxygen atoms in total. The smallest absolute Gasteiger partial charge is 0.330 e. The van der Waals surface area contributed by atoms with Crippen LogP contribution in [0.15, 0.2) is 11.6 Å². The fraction of sp³-hybridized carbons (Fsp3) is 0.700. The van der Waals surface area contributed by atoms with Gasteiger partial charge in [-0.1, -0.05) is 6.08 Å².